The molecule has 31 heavy (non-hydrogen) atoms. The van der Waals surface area contributed by atoms with Gasteiger partial charge in [0, 0.05) is 22.2 Å². The summed E-state index contributed by atoms with van der Waals surface area (Å²) < 4.78 is 5.31. The predicted molar refractivity (Wildman–Crippen MR) is 126 cm³/mol. The molecule has 0 atom stereocenters. The molecule has 0 radical (unpaired) electrons. The van der Waals surface area contributed by atoms with Crippen LogP contribution in [-0.2, 0) is 4.79 Å². The van der Waals surface area contributed by atoms with E-state index in [4.69, 9.17) is 27.9 Å². The van der Waals surface area contributed by atoms with Crippen LogP contribution in [0.25, 0.3) is 6.08 Å². The molecule has 0 fully saturated rings. The van der Waals surface area contributed by atoms with Crippen LogP contribution >= 0.6 is 23.2 Å². The smallest absolute Gasteiger partial charge is 0.257 e. The van der Waals surface area contributed by atoms with Crippen LogP contribution in [0.4, 0.5) is 11.4 Å². The molecule has 0 aliphatic heterocycles. The van der Waals surface area contributed by atoms with Gasteiger partial charge >= 0.3 is 0 Å². The largest absolute Gasteiger partial charge is 0.495 e. The van der Waals surface area contributed by atoms with E-state index in [-0.39, 0.29) is 5.91 Å². The monoisotopic (exact) mass is 454 g/mol. The second-order valence-electron chi connectivity index (χ2n) is 6.68. The third-order valence-electron chi connectivity index (χ3n) is 4.46. The molecule has 0 saturated heterocycles. The average molecular weight is 455 g/mol. The number of nitrogens with one attached hydrogen (secondary N) is 2. The lowest BCUT2D eigenvalue weighted by molar-refractivity contribution is -0.111. The Morgan fingerprint density at radius 2 is 1.65 bits per heavy atom. The van der Waals surface area contributed by atoms with Gasteiger partial charge in [0.2, 0.25) is 5.91 Å². The van der Waals surface area contributed by atoms with Crippen molar-refractivity contribution in [2.45, 2.75) is 6.92 Å². The van der Waals surface area contributed by atoms with Crippen LogP contribution < -0.4 is 15.4 Å². The highest BCUT2D eigenvalue weighted by atomic mass is 35.5. The lowest BCUT2D eigenvalue weighted by Gasteiger charge is -2.14. The highest BCUT2D eigenvalue weighted by Crippen LogP contribution is 2.31. The molecule has 0 unspecified atom stereocenters. The molecule has 3 aromatic carbocycles. The van der Waals surface area contributed by atoms with Crippen LogP contribution in [0.5, 0.6) is 5.75 Å². The molecule has 3 aromatic rings. The van der Waals surface area contributed by atoms with Crippen molar-refractivity contribution in [1.29, 1.82) is 0 Å². The first-order valence-corrected chi connectivity index (χ1v) is 10.1. The van der Waals surface area contributed by atoms with E-state index < -0.39 is 5.91 Å². The molecule has 0 bridgehead atoms. The summed E-state index contributed by atoms with van der Waals surface area (Å²) in [5.41, 5.74) is 2.81. The number of hydrogen-bond donors (Lipinski definition) is 2. The molecule has 2 N–H and O–H groups in total. The van der Waals surface area contributed by atoms with E-state index in [1.54, 1.807) is 66.7 Å². The maximum Gasteiger partial charge on any atom is 0.257 e. The third-order valence-corrected chi connectivity index (χ3v) is 5.11. The summed E-state index contributed by atoms with van der Waals surface area (Å²) >= 11 is 12.0. The maximum absolute atomic E-state index is 12.9. The van der Waals surface area contributed by atoms with Gasteiger partial charge in [-0.1, -0.05) is 47.5 Å². The van der Waals surface area contributed by atoms with Gasteiger partial charge in [-0.15, -0.1) is 0 Å². The Bertz CT molecular complexity index is 1140. The number of carbonyl (C=O) groups is 2. The molecule has 3 rings (SSSR count). The summed E-state index contributed by atoms with van der Waals surface area (Å²) in [5, 5.41) is 6.72. The van der Waals surface area contributed by atoms with E-state index in [1.807, 2.05) is 6.92 Å². The minimum Gasteiger partial charge on any atom is -0.495 e. The van der Waals surface area contributed by atoms with Crippen LogP contribution in [0.15, 0.2) is 66.7 Å². The molecule has 0 saturated carbocycles. The highest BCUT2D eigenvalue weighted by Gasteiger charge is 2.15. The number of para-hydroxylation sites is 1. The molecule has 0 aliphatic carbocycles. The minimum absolute atomic E-state index is 0.311. The number of methoxy groups -OCH3 is 1. The van der Waals surface area contributed by atoms with Gasteiger partial charge in [0.25, 0.3) is 5.91 Å². The Morgan fingerprint density at radius 1 is 0.935 bits per heavy atom. The normalized spacial score (nSPS) is 10.7. The number of halogens is 2. The molecular formula is C24H20Cl2N2O3. The number of ether oxygens (including phenoxy) is 1. The van der Waals surface area contributed by atoms with Crippen molar-refractivity contribution in [3.05, 3.63) is 93.5 Å². The predicted octanol–water partition coefficient (Wildman–Crippen LogP) is 6.21. The zero-order valence-corrected chi connectivity index (χ0v) is 18.4. The first-order chi connectivity index (χ1) is 14.9. The highest BCUT2D eigenvalue weighted by molar-refractivity contribution is 6.31. The first-order valence-electron chi connectivity index (χ1n) is 9.36. The van der Waals surface area contributed by atoms with E-state index in [9.17, 15) is 9.59 Å². The molecular weight excluding hydrogens is 435 g/mol. The van der Waals surface area contributed by atoms with Gasteiger partial charge in [0.15, 0.2) is 0 Å². The second kappa shape index (κ2) is 10.2. The van der Waals surface area contributed by atoms with Gasteiger partial charge in [-0.05, 0) is 54.5 Å². The zero-order valence-electron chi connectivity index (χ0n) is 16.9. The Morgan fingerprint density at radius 3 is 2.35 bits per heavy atom. The summed E-state index contributed by atoms with van der Waals surface area (Å²) in [5.74, 6) is -0.316. The summed E-state index contributed by atoms with van der Waals surface area (Å²) in [6.45, 7) is 1.83. The molecule has 0 heterocycles. The van der Waals surface area contributed by atoms with Crippen molar-refractivity contribution >= 4 is 52.5 Å². The van der Waals surface area contributed by atoms with Crippen molar-refractivity contribution in [2.24, 2.45) is 0 Å². The van der Waals surface area contributed by atoms with Crippen molar-refractivity contribution in [1.82, 2.24) is 0 Å². The molecule has 0 spiro atoms. The number of anilines is 2. The zero-order chi connectivity index (χ0) is 22.4. The Hall–Kier alpha value is -3.28. The van der Waals surface area contributed by atoms with Gasteiger partial charge in [0.1, 0.15) is 5.75 Å². The number of benzene rings is 3. The first kappa shape index (κ1) is 22.4. The second-order valence-corrected chi connectivity index (χ2v) is 7.52. The topological polar surface area (TPSA) is 67.4 Å². The lowest BCUT2D eigenvalue weighted by atomic mass is 10.1. The number of hydrogen-bond acceptors (Lipinski definition) is 3. The fourth-order valence-electron chi connectivity index (χ4n) is 2.83. The van der Waals surface area contributed by atoms with Crippen LogP contribution in [0.2, 0.25) is 10.0 Å². The van der Waals surface area contributed by atoms with E-state index in [0.717, 1.165) is 11.1 Å². The van der Waals surface area contributed by atoms with Gasteiger partial charge < -0.3 is 15.4 Å². The summed E-state index contributed by atoms with van der Waals surface area (Å²) in [6.07, 6.45) is 3.05. The van der Waals surface area contributed by atoms with E-state index in [2.05, 4.69) is 10.6 Å². The van der Waals surface area contributed by atoms with E-state index in [0.29, 0.717) is 32.7 Å². The summed E-state index contributed by atoms with van der Waals surface area (Å²) in [4.78, 5) is 25.3. The van der Waals surface area contributed by atoms with Crippen molar-refractivity contribution in [3.63, 3.8) is 0 Å². The summed E-state index contributed by atoms with van der Waals surface area (Å²) in [6, 6.07) is 17.2. The fraction of sp³-hybridized carbons (Fsp3) is 0.0833. The molecule has 0 aliphatic rings. The number of carbonyl (C=O) groups excluding carboxylic acids is 2. The van der Waals surface area contributed by atoms with Gasteiger partial charge in [-0.25, -0.2) is 0 Å². The van der Waals surface area contributed by atoms with Crippen molar-refractivity contribution < 1.29 is 14.3 Å². The van der Waals surface area contributed by atoms with Crippen molar-refractivity contribution in [2.75, 3.05) is 17.7 Å². The van der Waals surface area contributed by atoms with Gasteiger partial charge in [-0.2, -0.15) is 0 Å². The molecule has 7 heteroatoms. The summed E-state index contributed by atoms with van der Waals surface area (Å²) in [7, 11) is 1.50. The number of rotatable bonds is 6. The van der Waals surface area contributed by atoms with Crippen LogP contribution in [0, 0.1) is 6.92 Å². The van der Waals surface area contributed by atoms with Crippen LogP contribution in [0.3, 0.4) is 0 Å². The Labute approximate surface area is 190 Å². The quantitative estimate of drug-likeness (QED) is 0.434. The lowest BCUT2D eigenvalue weighted by Crippen LogP contribution is -2.17. The minimum atomic E-state index is -0.391. The maximum atomic E-state index is 12.9. The Balaban J connectivity index is 1.77. The standard InChI is InChI=1S/C24H20Cl2N2O3/c1-15-13-21(22(31-2)14-19(15)26)28-24(30)18-5-3-4-6-20(18)27-23(29)12-9-16-7-10-17(25)11-8-16/h3-14H,1-2H3,(H,27,29)(H,28,30)/b12-9+. The molecule has 158 valence electrons. The number of amides is 2. The van der Waals surface area contributed by atoms with Gasteiger partial charge in [0.05, 0.1) is 24.0 Å². The fourth-order valence-corrected chi connectivity index (χ4v) is 3.11. The third kappa shape index (κ3) is 5.87. The molecule has 0 aromatic heterocycles. The SMILES string of the molecule is COc1cc(Cl)c(C)cc1NC(=O)c1ccccc1NC(=O)/C=C/c1ccc(Cl)cc1. The van der Waals surface area contributed by atoms with Crippen molar-refractivity contribution in [3.8, 4) is 5.75 Å². The van der Waals surface area contributed by atoms with Crippen LogP contribution in [-0.4, -0.2) is 18.9 Å². The van der Waals surface area contributed by atoms with Crippen LogP contribution in [0.1, 0.15) is 21.5 Å². The number of aryl methyl sites for hydroxylation is 1. The van der Waals surface area contributed by atoms with E-state index >= 15 is 0 Å². The van der Waals surface area contributed by atoms with E-state index in [1.165, 1.54) is 13.2 Å². The molecule has 2 amide bonds. The van der Waals surface area contributed by atoms with Gasteiger partial charge in [-0.3, -0.25) is 9.59 Å². The average Bonchev–Trinajstić information content (AvgIpc) is 2.76. The molecule has 5 nitrogen and oxygen atoms in total. The Kier molecular flexibility index (Phi) is 7.34.